The first-order chi connectivity index (χ1) is 5.65. The fraction of sp³-hybridized carbons (Fsp3) is 0.143. The molecule has 5 heteroatoms. The lowest BCUT2D eigenvalue weighted by Gasteiger charge is -2.01. The molecule has 2 nitrogen and oxygen atoms in total. The van der Waals surface area contributed by atoms with Crippen LogP contribution >= 0.6 is 11.6 Å². The van der Waals surface area contributed by atoms with Gasteiger partial charge in [-0.25, -0.2) is 4.39 Å². The van der Waals surface area contributed by atoms with Crippen molar-refractivity contribution < 1.29 is 14.4 Å². The van der Waals surface area contributed by atoms with Gasteiger partial charge in [0.2, 0.25) is 0 Å². The highest BCUT2D eigenvalue weighted by atomic mass is 35.5. The Morgan fingerprint density at radius 2 is 2.08 bits per heavy atom. The van der Waals surface area contributed by atoms with E-state index in [1.165, 1.54) is 12.1 Å². The topological polar surface area (TPSA) is 40.5 Å². The molecule has 0 fully saturated rings. The maximum atomic E-state index is 12.9. The molecule has 0 amide bonds. The van der Waals surface area contributed by atoms with E-state index in [1.807, 2.05) is 0 Å². The molecule has 0 heterocycles. The van der Waals surface area contributed by atoms with Crippen molar-refractivity contribution in [2.45, 2.75) is 5.88 Å². The Hall–Kier alpha value is -0.575. The van der Waals surface area contributed by atoms with Gasteiger partial charge in [-0.15, -0.1) is 11.6 Å². The second kappa shape index (κ2) is 3.89. The first kappa shape index (κ1) is 9.51. The summed E-state index contributed by atoms with van der Waals surface area (Å²) in [6.45, 7) is 0. The molecule has 0 saturated carbocycles. The van der Waals surface area contributed by atoms with Crippen molar-refractivity contribution in [3.05, 3.63) is 29.6 Å². The quantitative estimate of drug-likeness (QED) is 0.516. The first-order valence-electron chi connectivity index (χ1n) is 3.35. The van der Waals surface area contributed by atoms with Gasteiger partial charge >= 0.3 is 7.12 Å². The average Bonchev–Trinajstić information content (AvgIpc) is 2.04. The van der Waals surface area contributed by atoms with Crippen LogP contribution in [-0.2, 0) is 5.88 Å². The van der Waals surface area contributed by atoms with Gasteiger partial charge in [0.25, 0.3) is 0 Å². The maximum absolute atomic E-state index is 12.9. The highest BCUT2D eigenvalue weighted by Gasteiger charge is 2.12. The van der Waals surface area contributed by atoms with Gasteiger partial charge in [-0.1, -0.05) is 12.1 Å². The molecule has 2 N–H and O–H groups in total. The minimum absolute atomic E-state index is 0.0770. The van der Waals surface area contributed by atoms with Crippen molar-refractivity contribution >= 4 is 24.2 Å². The second-order valence-electron chi connectivity index (χ2n) is 2.36. The maximum Gasteiger partial charge on any atom is 0.488 e. The lowest BCUT2D eigenvalue weighted by molar-refractivity contribution is 0.425. The van der Waals surface area contributed by atoms with Gasteiger partial charge in [-0.05, 0) is 11.5 Å². The van der Waals surface area contributed by atoms with Crippen LogP contribution in [0, 0.1) is 5.82 Å². The molecule has 0 bridgehead atoms. The van der Waals surface area contributed by atoms with E-state index in [4.69, 9.17) is 21.6 Å². The summed E-state index contributed by atoms with van der Waals surface area (Å²) in [6.07, 6.45) is 0. The summed E-state index contributed by atoms with van der Waals surface area (Å²) in [4.78, 5) is 0. The standard InChI is InChI=1S/C7H7BClFO2/c9-4-5-1-2-6(8(11)12)3-7(5)10/h1-3,11-12H,4H2. The Kier molecular flexibility index (Phi) is 3.09. The van der Waals surface area contributed by atoms with Crippen molar-refractivity contribution in [1.82, 2.24) is 0 Å². The largest absolute Gasteiger partial charge is 0.488 e. The summed E-state index contributed by atoms with van der Waals surface area (Å²) in [5.74, 6) is -0.441. The van der Waals surface area contributed by atoms with Crippen LogP contribution in [0.2, 0.25) is 0 Å². The van der Waals surface area contributed by atoms with E-state index in [2.05, 4.69) is 0 Å². The molecule has 0 saturated heterocycles. The number of benzene rings is 1. The molecule has 0 radical (unpaired) electrons. The first-order valence-corrected chi connectivity index (χ1v) is 3.89. The summed E-state index contributed by atoms with van der Waals surface area (Å²) in [6, 6.07) is 3.91. The molecule has 0 atom stereocenters. The number of rotatable bonds is 2. The normalized spacial score (nSPS) is 10.0. The van der Waals surface area contributed by atoms with E-state index in [-0.39, 0.29) is 11.3 Å². The highest BCUT2D eigenvalue weighted by Crippen LogP contribution is 2.07. The Balaban J connectivity index is 3.02. The van der Waals surface area contributed by atoms with E-state index in [0.29, 0.717) is 5.56 Å². The highest BCUT2D eigenvalue weighted by molar-refractivity contribution is 6.58. The third-order valence-corrected chi connectivity index (χ3v) is 1.81. The monoisotopic (exact) mass is 188 g/mol. The number of alkyl halides is 1. The molecule has 0 aliphatic heterocycles. The van der Waals surface area contributed by atoms with Crippen molar-refractivity contribution in [3.8, 4) is 0 Å². The van der Waals surface area contributed by atoms with Crippen molar-refractivity contribution in [2.24, 2.45) is 0 Å². The fourth-order valence-corrected chi connectivity index (χ4v) is 1.05. The van der Waals surface area contributed by atoms with Crippen molar-refractivity contribution in [3.63, 3.8) is 0 Å². The molecule has 0 aliphatic carbocycles. The minimum Gasteiger partial charge on any atom is -0.423 e. The lowest BCUT2D eigenvalue weighted by Crippen LogP contribution is -2.30. The summed E-state index contributed by atoms with van der Waals surface area (Å²) < 4.78 is 12.9. The molecule has 0 aromatic heterocycles. The Morgan fingerprint density at radius 3 is 2.50 bits per heavy atom. The van der Waals surface area contributed by atoms with Crippen LogP contribution in [0.1, 0.15) is 5.56 Å². The molecule has 1 aromatic rings. The predicted octanol–water partition coefficient (Wildman–Crippen LogP) is 0.244. The molecular weight excluding hydrogens is 181 g/mol. The summed E-state index contributed by atoms with van der Waals surface area (Å²) >= 11 is 5.40. The zero-order chi connectivity index (χ0) is 9.14. The molecule has 1 aromatic carbocycles. The molecule has 0 spiro atoms. The average molecular weight is 188 g/mol. The van der Waals surface area contributed by atoms with Crippen LogP contribution < -0.4 is 5.46 Å². The molecular formula is C7H7BClFO2. The molecule has 0 unspecified atom stereocenters. The van der Waals surface area contributed by atoms with Gasteiger partial charge in [-0.2, -0.15) is 0 Å². The van der Waals surface area contributed by atoms with Crippen LogP contribution in [0.4, 0.5) is 4.39 Å². The van der Waals surface area contributed by atoms with E-state index >= 15 is 0 Å². The smallest absolute Gasteiger partial charge is 0.423 e. The Bertz CT molecular complexity index is 280. The third kappa shape index (κ3) is 1.97. The summed E-state index contributed by atoms with van der Waals surface area (Å²) in [7, 11) is -1.64. The molecule has 1 rings (SSSR count). The van der Waals surface area contributed by atoms with Gasteiger partial charge in [0.05, 0.1) is 5.88 Å². The van der Waals surface area contributed by atoms with Crippen LogP contribution in [0.25, 0.3) is 0 Å². The molecule has 0 aliphatic rings. The van der Waals surface area contributed by atoms with Gasteiger partial charge in [0, 0.05) is 5.56 Å². The number of hydrogen-bond donors (Lipinski definition) is 2. The van der Waals surface area contributed by atoms with E-state index in [1.54, 1.807) is 0 Å². The fourth-order valence-electron chi connectivity index (χ4n) is 0.833. The molecule has 64 valence electrons. The molecule has 12 heavy (non-hydrogen) atoms. The number of hydrogen-bond acceptors (Lipinski definition) is 2. The van der Waals surface area contributed by atoms with E-state index < -0.39 is 12.9 Å². The van der Waals surface area contributed by atoms with Crippen molar-refractivity contribution in [2.75, 3.05) is 0 Å². The van der Waals surface area contributed by atoms with Crippen LogP contribution in [-0.4, -0.2) is 17.2 Å². The van der Waals surface area contributed by atoms with Crippen LogP contribution in [0.5, 0.6) is 0 Å². The van der Waals surface area contributed by atoms with E-state index in [9.17, 15) is 4.39 Å². The lowest BCUT2D eigenvalue weighted by atomic mass is 9.80. The predicted molar refractivity (Wildman–Crippen MR) is 45.8 cm³/mol. The SMILES string of the molecule is OB(O)c1ccc(CCl)c(F)c1. The van der Waals surface area contributed by atoms with E-state index in [0.717, 1.165) is 6.07 Å². The van der Waals surface area contributed by atoms with Gasteiger partial charge in [0.15, 0.2) is 0 Å². The second-order valence-corrected chi connectivity index (χ2v) is 2.63. The Labute approximate surface area is 74.7 Å². The van der Waals surface area contributed by atoms with Gasteiger partial charge in [0.1, 0.15) is 5.82 Å². The van der Waals surface area contributed by atoms with Gasteiger partial charge < -0.3 is 10.0 Å². The summed E-state index contributed by atoms with van der Waals surface area (Å²) in [5, 5.41) is 17.3. The van der Waals surface area contributed by atoms with Crippen LogP contribution in [0.15, 0.2) is 18.2 Å². The van der Waals surface area contributed by atoms with Gasteiger partial charge in [-0.3, -0.25) is 0 Å². The van der Waals surface area contributed by atoms with Crippen molar-refractivity contribution in [1.29, 1.82) is 0 Å². The zero-order valence-electron chi connectivity index (χ0n) is 6.17. The zero-order valence-corrected chi connectivity index (χ0v) is 6.92. The summed E-state index contributed by atoms with van der Waals surface area (Å²) in [5.41, 5.74) is 0.474. The third-order valence-electron chi connectivity index (χ3n) is 1.52. The Morgan fingerprint density at radius 1 is 1.42 bits per heavy atom. The number of halogens is 2. The minimum atomic E-state index is -1.64. The van der Waals surface area contributed by atoms with Crippen LogP contribution in [0.3, 0.4) is 0 Å².